The van der Waals surface area contributed by atoms with E-state index in [1.165, 1.54) is 6.92 Å². The van der Waals surface area contributed by atoms with Gasteiger partial charge in [-0.1, -0.05) is 15.9 Å². The number of aryl methyl sites for hydroxylation is 1. The van der Waals surface area contributed by atoms with E-state index >= 15 is 0 Å². The fraction of sp³-hybridized carbons (Fsp3) is 0.500. The number of nitrogens with one attached hydrogen (secondary N) is 1. The molecular weight excluding hydrogens is 346 g/mol. The minimum atomic E-state index is -0.0819. The number of hydrogen-bond acceptors (Lipinski definition) is 3. The molecule has 0 aliphatic heterocycles. The molecule has 0 radical (unpaired) electrons. The molecule has 0 aromatic heterocycles. The van der Waals surface area contributed by atoms with Crippen LogP contribution in [-0.2, 0) is 9.59 Å². The van der Waals surface area contributed by atoms with E-state index in [9.17, 15) is 9.59 Å². The van der Waals surface area contributed by atoms with Crippen LogP contribution in [0.3, 0.4) is 0 Å². The molecule has 0 spiro atoms. The molecule has 6 heteroatoms. The van der Waals surface area contributed by atoms with Crippen molar-refractivity contribution in [1.29, 1.82) is 0 Å². The lowest BCUT2D eigenvalue weighted by Gasteiger charge is -2.22. The average molecular weight is 370 g/mol. The number of nitrogens with zero attached hydrogens (tertiary/aromatic N) is 2. The SMILES string of the molecule is CC(=O)N(CCC(=O)Nc1ccc(Br)cc1C)CCN(C)C. The van der Waals surface area contributed by atoms with Crippen molar-refractivity contribution in [3.63, 3.8) is 0 Å². The van der Waals surface area contributed by atoms with Crippen molar-refractivity contribution in [1.82, 2.24) is 9.80 Å². The van der Waals surface area contributed by atoms with Crippen molar-refractivity contribution in [2.75, 3.05) is 39.0 Å². The fourth-order valence-electron chi connectivity index (χ4n) is 1.96. The molecule has 1 aromatic carbocycles. The molecule has 0 atom stereocenters. The summed E-state index contributed by atoms with van der Waals surface area (Å²) >= 11 is 3.40. The van der Waals surface area contributed by atoms with Gasteiger partial charge in [0.2, 0.25) is 11.8 Å². The number of anilines is 1. The van der Waals surface area contributed by atoms with E-state index in [0.29, 0.717) is 19.5 Å². The van der Waals surface area contributed by atoms with Crippen molar-refractivity contribution in [3.8, 4) is 0 Å². The van der Waals surface area contributed by atoms with Crippen LogP contribution >= 0.6 is 15.9 Å². The van der Waals surface area contributed by atoms with E-state index in [2.05, 4.69) is 21.2 Å². The second kappa shape index (κ2) is 8.90. The van der Waals surface area contributed by atoms with E-state index in [1.807, 2.05) is 44.1 Å². The zero-order chi connectivity index (χ0) is 16.7. The second-order valence-electron chi connectivity index (χ2n) is 5.57. The lowest BCUT2D eigenvalue weighted by Crippen LogP contribution is -2.37. The van der Waals surface area contributed by atoms with E-state index in [0.717, 1.165) is 22.3 Å². The van der Waals surface area contributed by atoms with Gasteiger partial charge in [-0.2, -0.15) is 0 Å². The van der Waals surface area contributed by atoms with Crippen LogP contribution in [0.1, 0.15) is 18.9 Å². The topological polar surface area (TPSA) is 52.7 Å². The fourth-order valence-corrected chi connectivity index (χ4v) is 2.44. The molecule has 0 saturated heterocycles. The third-order valence-corrected chi connectivity index (χ3v) is 3.83. The maximum atomic E-state index is 12.0. The summed E-state index contributed by atoms with van der Waals surface area (Å²) in [5.74, 6) is -0.0870. The Morgan fingerprint density at radius 2 is 1.86 bits per heavy atom. The monoisotopic (exact) mass is 369 g/mol. The second-order valence-corrected chi connectivity index (χ2v) is 6.48. The molecule has 0 saturated carbocycles. The minimum absolute atomic E-state index is 0.00512. The smallest absolute Gasteiger partial charge is 0.226 e. The summed E-state index contributed by atoms with van der Waals surface area (Å²) in [6.45, 7) is 5.33. The third-order valence-electron chi connectivity index (χ3n) is 3.33. The number of carbonyl (C=O) groups is 2. The molecule has 5 nitrogen and oxygen atoms in total. The Balaban J connectivity index is 2.51. The number of amides is 2. The number of hydrogen-bond donors (Lipinski definition) is 1. The first kappa shape index (κ1) is 18.6. The van der Waals surface area contributed by atoms with Crippen molar-refractivity contribution in [2.45, 2.75) is 20.3 Å². The van der Waals surface area contributed by atoms with Gasteiger partial charge in [-0.15, -0.1) is 0 Å². The maximum Gasteiger partial charge on any atom is 0.226 e. The van der Waals surface area contributed by atoms with Gasteiger partial charge in [-0.3, -0.25) is 9.59 Å². The largest absolute Gasteiger partial charge is 0.341 e. The molecule has 1 N–H and O–H groups in total. The number of benzene rings is 1. The Labute approximate surface area is 140 Å². The first-order valence-corrected chi connectivity index (χ1v) is 8.05. The predicted octanol–water partition coefficient (Wildman–Crippen LogP) is 2.50. The molecule has 1 aromatic rings. The van der Waals surface area contributed by atoms with Gasteiger partial charge in [0.25, 0.3) is 0 Å². The van der Waals surface area contributed by atoms with Crippen molar-refractivity contribution in [2.24, 2.45) is 0 Å². The van der Waals surface area contributed by atoms with Gasteiger partial charge in [-0.05, 0) is 44.8 Å². The molecule has 2 amide bonds. The van der Waals surface area contributed by atoms with Gasteiger partial charge in [-0.25, -0.2) is 0 Å². The van der Waals surface area contributed by atoms with Gasteiger partial charge >= 0.3 is 0 Å². The molecule has 0 aliphatic carbocycles. The third kappa shape index (κ3) is 6.58. The zero-order valence-electron chi connectivity index (χ0n) is 13.6. The van der Waals surface area contributed by atoms with Gasteiger partial charge in [0, 0.05) is 43.1 Å². The van der Waals surface area contributed by atoms with E-state index in [-0.39, 0.29) is 11.8 Å². The normalized spacial score (nSPS) is 10.6. The Hall–Kier alpha value is -1.40. The van der Waals surface area contributed by atoms with Crippen molar-refractivity contribution in [3.05, 3.63) is 28.2 Å². The summed E-state index contributed by atoms with van der Waals surface area (Å²) in [6.07, 6.45) is 0.294. The minimum Gasteiger partial charge on any atom is -0.341 e. The molecule has 0 unspecified atom stereocenters. The first-order valence-electron chi connectivity index (χ1n) is 7.26. The summed E-state index contributed by atoms with van der Waals surface area (Å²) in [7, 11) is 3.92. The van der Waals surface area contributed by atoms with Crippen LogP contribution in [0.4, 0.5) is 5.69 Å². The summed E-state index contributed by atoms with van der Waals surface area (Å²) in [5.41, 5.74) is 1.80. The lowest BCUT2D eigenvalue weighted by atomic mass is 10.2. The molecule has 0 aliphatic rings. The quantitative estimate of drug-likeness (QED) is 0.803. The molecule has 1 rings (SSSR count). The highest BCUT2D eigenvalue weighted by Gasteiger charge is 2.12. The average Bonchev–Trinajstić information content (AvgIpc) is 2.41. The van der Waals surface area contributed by atoms with Crippen LogP contribution in [0.15, 0.2) is 22.7 Å². The first-order chi connectivity index (χ1) is 10.3. The number of halogens is 1. The molecule has 0 bridgehead atoms. The lowest BCUT2D eigenvalue weighted by molar-refractivity contribution is -0.129. The van der Waals surface area contributed by atoms with Crippen LogP contribution in [0.25, 0.3) is 0 Å². The summed E-state index contributed by atoms with van der Waals surface area (Å²) in [6, 6.07) is 5.71. The molecule has 0 fully saturated rings. The van der Waals surface area contributed by atoms with Crippen molar-refractivity contribution < 1.29 is 9.59 Å². The van der Waals surface area contributed by atoms with E-state index in [1.54, 1.807) is 4.90 Å². The standard InChI is InChI=1S/C16H24BrN3O2/c1-12-11-14(17)5-6-15(12)18-16(22)7-8-20(13(2)21)10-9-19(3)4/h5-6,11H,7-10H2,1-4H3,(H,18,22). The molecule has 0 heterocycles. The summed E-state index contributed by atoms with van der Waals surface area (Å²) < 4.78 is 0.981. The van der Waals surface area contributed by atoms with E-state index < -0.39 is 0 Å². The number of likely N-dealkylation sites (N-methyl/N-ethyl adjacent to an activating group) is 1. The Morgan fingerprint density at radius 1 is 1.18 bits per heavy atom. The van der Waals surface area contributed by atoms with Crippen LogP contribution in [0, 0.1) is 6.92 Å². The van der Waals surface area contributed by atoms with Gasteiger partial charge in [0.15, 0.2) is 0 Å². The van der Waals surface area contributed by atoms with E-state index in [4.69, 9.17) is 0 Å². The van der Waals surface area contributed by atoms with Crippen LogP contribution in [-0.4, -0.2) is 55.3 Å². The number of rotatable bonds is 7. The molecule has 22 heavy (non-hydrogen) atoms. The highest BCUT2D eigenvalue weighted by Crippen LogP contribution is 2.20. The Kier molecular flexibility index (Phi) is 7.55. The molecular formula is C16H24BrN3O2. The Bertz CT molecular complexity index is 532. The van der Waals surface area contributed by atoms with Crippen LogP contribution in [0.2, 0.25) is 0 Å². The molecule has 122 valence electrons. The predicted molar refractivity (Wildman–Crippen MR) is 92.9 cm³/mol. The van der Waals surface area contributed by atoms with Gasteiger partial charge < -0.3 is 15.1 Å². The summed E-state index contributed by atoms with van der Waals surface area (Å²) in [4.78, 5) is 27.4. The number of carbonyl (C=O) groups excluding carboxylic acids is 2. The highest BCUT2D eigenvalue weighted by molar-refractivity contribution is 9.10. The highest BCUT2D eigenvalue weighted by atomic mass is 79.9. The van der Waals surface area contributed by atoms with Crippen LogP contribution in [0.5, 0.6) is 0 Å². The zero-order valence-corrected chi connectivity index (χ0v) is 15.2. The van der Waals surface area contributed by atoms with Gasteiger partial charge in [0.1, 0.15) is 0 Å². The van der Waals surface area contributed by atoms with Crippen molar-refractivity contribution >= 4 is 33.4 Å². The van der Waals surface area contributed by atoms with Crippen LogP contribution < -0.4 is 5.32 Å². The van der Waals surface area contributed by atoms with Gasteiger partial charge in [0.05, 0.1) is 0 Å². The maximum absolute atomic E-state index is 12.0. The Morgan fingerprint density at radius 3 is 2.41 bits per heavy atom. The summed E-state index contributed by atoms with van der Waals surface area (Å²) in [5, 5.41) is 2.89.